The number of urea groups is 1. The molecule has 0 spiro atoms. The summed E-state index contributed by atoms with van der Waals surface area (Å²) in [5.74, 6) is 0.172. The van der Waals surface area contributed by atoms with Gasteiger partial charge in [0.15, 0.2) is 0 Å². The van der Waals surface area contributed by atoms with Gasteiger partial charge in [-0.25, -0.2) is 13.9 Å². The van der Waals surface area contributed by atoms with Crippen molar-refractivity contribution in [2.45, 2.75) is 38.6 Å². The van der Waals surface area contributed by atoms with E-state index in [-0.39, 0.29) is 23.3 Å². The van der Waals surface area contributed by atoms with Crippen molar-refractivity contribution in [1.29, 1.82) is 0 Å². The Bertz CT molecular complexity index is 1610. The van der Waals surface area contributed by atoms with Crippen LogP contribution in [0.25, 0.3) is 11.8 Å². The van der Waals surface area contributed by atoms with E-state index in [1.165, 1.54) is 29.0 Å². The van der Waals surface area contributed by atoms with E-state index >= 15 is 0 Å². The van der Waals surface area contributed by atoms with Crippen LogP contribution in [0.2, 0.25) is 0 Å². The molecule has 3 atom stereocenters. The highest BCUT2D eigenvalue weighted by Crippen LogP contribution is 2.55. The fourth-order valence-corrected chi connectivity index (χ4v) is 7.39. The Labute approximate surface area is 252 Å². The van der Waals surface area contributed by atoms with E-state index in [1.807, 2.05) is 27.9 Å². The SMILES string of the molecule is C[C@]12Cc3cnn(-c4ccc(F)cc4)c3C=C1CC[C@@H]2CC(NC(=O)N1CCN(c2ccccc2)CC1)c1ccccc1. The summed E-state index contributed by atoms with van der Waals surface area (Å²) in [4.78, 5) is 17.9. The summed E-state index contributed by atoms with van der Waals surface area (Å²) < 4.78 is 15.5. The molecule has 7 rings (SSSR count). The molecule has 0 radical (unpaired) electrons. The topological polar surface area (TPSA) is 53.4 Å². The first-order valence-corrected chi connectivity index (χ1v) is 15.4. The van der Waals surface area contributed by atoms with Crippen molar-refractivity contribution in [2.75, 3.05) is 31.1 Å². The molecular formula is C36H38FN5O. The highest BCUT2D eigenvalue weighted by atomic mass is 19.1. The molecule has 6 nitrogen and oxygen atoms in total. The van der Waals surface area contributed by atoms with Gasteiger partial charge >= 0.3 is 6.03 Å². The van der Waals surface area contributed by atoms with Crippen molar-refractivity contribution in [3.8, 4) is 5.69 Å². The molecule has 220 valence electrons. The molecule has 2 heterocycles. The smallest absolute Gasteiger partial charge is 0.318 e. The molecule has 1 aromatic heterocycles. The first kappa shape index (κ1) is 27.4. The summed E-state index contributed by atoms with van der Waals surface area (Å²) in [7, 11) is 0. The summed E-state index contributed by atoms with van der Waals surface area (Å²) in [6.45, 7) is 5.46. The van der Waals surface area contributed by atoms with Crippen LogP contribution in [0.5, 0.6) is 0 Å². The molecule has 2 amide bonds. The minimum absolute atomic E-state index is 0.00270. The van der Waals surface area contributed by atoms with Gasteiger partial charge in [0.25, 0.3) is 0 Å². The minimum Gasteiger partial charge on any atom is -0.368 e. The van der Waals surface area contributed by atoms with Gasteiger partial charge in [-0.1, -0.05) is 61.0 Å². The van der Waals surface area contributed by atoms with Crippen LogP contribution in [0.3, 0.4) is 0 Å². The fourth-order valence-electron chi connectivity index (χ4n) is 7.39. The number of aromatic nitrogens is 2. The number of fused-ring (bicyclic) bond motifs is 2. The van der Waals surface area contributed by atoms with Gasteiger partial charge in [-0.3, -0.25) is 0 Å². The first-order chi connectivity index (χ1) is 21.0. The summed E-state index contributed by atoms with van der Waals surface area (Å²) in [6.07, 6.45) is 8.21. The molecule has 3 aliphatic rings. The van der Waals surface area contributed by atoms with E-state index in [0.717, 1.165) is 55.7 Å². The molecule has 2 fully saturated rings. The number of piperazine rings is 1. The molecule has 4 aromatic rings. The summed E-state index contributed by atoms with van der Waals surface area (Å²) in [5, 5.41) is 8.14. The van der Waals surface area contributed by atoms with Crippen LogP contribution in [0.1, 0.15) is 49.0 Å². The monoisotopic (exact) mass is 575 g/mol. The second-order valence-electron chi connectivity index (χ2n) is 12.4. The first-order valence-electron chi connectivity index (χ1n) is 15.4. The number of anilines is 1. The molecule has 43 heavy (non-hydrogen) atoms. The molecule has 2 aliphatic carbocycles. The van der Waals surface area contributed by atoms with Crippen molar-refractivity contribution in [3.05, 3.63) is 119 Å². The number of rotatable bonds is 6. The van der Waals surface area contributed by atoms with Gasteiger partial charge in [-0.05, 0) is 90.6 Å². The maximum absolute atomic E-state index is 13.6. The van der Waals surface area contributed by atoms with Crippen molar-refractivity contribution in [3.63, 3.8) is 0 Å². The van der Waals surface area contributed by atoms with Crippen molar-refractivity contribution in [1.82, 2.24) is 20.0 Å². The lowest BCUT2D eigenvalue weighted by Gasteiger charge is -2.39. The normalized spacial score (nSPS) is 22.0. The lowest BCUT2D eigenvalue weighted by atomic mass is 9.68. The Morgan fingerprint density at radius 3 is 2.37 bits per heavy atom. The van der Waals surface area contributed by atoms with Crippen LogP contribution >= 0.6 is 0 Å². The van der Waals surface area contributed by atoms with E-state index in [9.17, 15) is 9.18 Å². The van der Waals surface area contributed by atoms with Gasteiger partial charge in [0.05, 0.1) is 23.6 Å². The van der Waals surface area contributed by atoms with Crippen LogP contribution in [0, 0.1) is 17.2 Å². The van der Waals surface area contributed by atoms with E-state index in [1.54, 1.807) is 12.1 Å². The third-order valence-electron chi connectivity index (χ3n) is 9.93. The molecular weight excluding hydrogens is 537 g/mol. The number of carbonyl (C=O) groups is 1. The zero-order valence-electron chi connectivity index (χ0n) is 24.6. The Hall–Kier alpha value is -4.39. The number of nitrogens with one attached hydrogen (secondary N) is 1. The molecule has 1 saturated heterocycles. The second kappa shape index (κ2) is 11.4. The van der Waals surface area contributed by atoms with Gasteiger partial charge in [0, 0.05) is 31.9 Å². The van der Waals surface area contributed by atoms with Crippen LogP contribution in [0.15, 0.2) is 96.7 Å². The van der Waals surface area contributed by atoms with Crippen LogP contribution in [-0.4, -0.2) is 46.9 Å². The Balaban J connectivity index is 1.07. The number of carbonyl (C=O) groups excluding carboxylic acids is 1. The lowest BCUT2D eigenvalue weighted by Crippen LogP contribution is -2.52. The standard InChI is InChI=1S/C36H38FN5O/c1-36-24-27-25-38-42(32-16-14-30(37)15-17-32)34(27)23-29(36)13-12-28(36)22-33(26-8-4-2-5-9-26)39-35(43)41-20-18-40(19-21-41)31-10-6-3-7-11-31/h2-11,14-17,23,25,28,33H,12-13,18-22,24H2,1H3,(H,39,43)/t28-,33?,36-/m1/s1. The highest BCUT2D eigenvalue weighted by Gasteiger charge is 2.46. The Morgan fingerprint density at radius 2 is 1.65 bits per heavy atom. The van der Waals surface area contributed by atoms with Crippen LogP contribution in [0.4, 0.5) is 14.9 Å². The molecule has 1 saturated carbocycles. The van der Waals surface area contributed by atoms with Crippen molar-refractivity contribution < 1.29 is 9.18 Å². The second-order valence-corrected chi connectivity index (χ2v) is 12.4. The molecule has 3 aromatic carbocycles. The number of hydrogen-bond acceptors (Lipinski definition) is 3. The minimum atomic E-state index is -0.246. The maximum atomic E-state index is 13.6. The molecule has 1 unspecified atom stereocenters. The largest absolute Gasteiger partial charge is 0.368 e. The van der Waals surface area contributed by atoms with Gasteiger partial charge in [0.1, 0.15) is 5.82 Å². The van der Waals surface area contributed by atoms with Crippen LogP contribution < -0.4 is 10.2 Å². The fraction of sp³-hybridized carbons (Fsp3) is 0.333. The van der Waals surface area contributed by atoms with Gasteiger partial charge in [0.2, 0.25) is 0 Å². The number of para-hydroxylation sites is 1. The van der Waals surface area contributed by atoms with Crippen molar-refractivity contribution >= 4 is 17.8 Å². The quantitative estimate of drug-likeness (QED) is 0.269. The lowest BCUT2D eigenvalue weighted by molar-refractivity contribution is 0.181. The number of benzene rings is 3. The van der Waals surface area contributed by atoms with E-state index in [4.69, 9.17) is 0 Å². The highest BCUT2D eigenvalue weighted by molar-refractivity contribution is 5.75. The summed E-state index contributed by atoms with van der Waals surface area (Å²) in [6, 6.07) is 27.3. The third kappa shape index (κ3) is 5.33. The molecule has 7 heteroatoms. The van der Waals surface area contributed by atoms with Crippen LogP contribution in [-0.2, 0) is 6.42 Å². The predicted molar refractivity (Wildman–Crippen MR) is 169 cm³/mol. The number of nitrogens with zero attached hydrogens (tertiary/aromatic N) is 4. The predicted octanol–water partition coefficient (Wildman–Crippen LogP) is 7.03. The zero-order valence-corrected chi connectivity index (χ0v) is 24.6. The van der Waals surface area contributed by atoms with Gasteiger partial charge < -0.3 is 15.1 Å². The number of hydrogen-bond donors (Lipinski definition) is 1. The average molecular weight is 576 g/mol. The molecule has 1 N–H and O–H groups in total. The maximum Gasteiger partial charge on any atom is 0.318 e. The van der Waals surface area contributed by atoms with E-state index in [0.29, 0.717) is 19.0 Å². The average Bonchev–Trinajstić information content (AvgIpc) is 3.59. The zero-order chi connectivity index (χ0) is 29.4. The number of halogens is 1. The summed E-state index contributed by atoms with van der Waals surface area (Å²) in [5.41, 5.74) is 7.00. The molecule has 0 bridgehead atoms. The van der Waals surface area contributed by atoms with E-state index in [2.05, 4.69) is 76.8 Å². The number of allylic oxidation sites excluding steroid dienone is 1. The van der Waals surface area contributed by atoms with Gasteiger partial charge in [-0.2, -0.15) is 5.10 Å². The summed E-state index contributed by atoms with van der Waals surface area (Å²) >= 11 is 0. The van der Waals surface area contributed by atoms with Crippen molar-refractivity contribution in [2.24, 2.45) is 11.3 Å². The number of amides is 2. The molecule has 1 aliphatic heterocycles. The van der Waals surface area contributed by atoms with Gasteiger partial charge in [-0.15, -0.1) is 0 Å². The van der Waals surface area contributed by atoms with E-state index < -0.39 is 0 Å². The Kier molecular flexibility index (Phi) is 7.25. The Morgan fingerprint density at radius 1 is 0.953 bits per heavy atom. The third-order valence-corrected chi connectivity index (χ3v) is 9.93.